The van der Waals surface area contributed by atoms with Crippen LogP contribution in [0.2, 0.25) is 0 Å². The molecule has 4 N–H and O–H groups in total. The van der Waals surface area contributed by atoms with Crippen molar-refractivity contribution in [2.24, 2.45) is 5.14 Å². The summed E-state index contributed by atoms with van der Waals surface area (Å²) in [5.41, 5.74) is 4.09. The van der Waals surface area contributed by atoms with Crippen molar-refractivity contribution < 1.29 is 18.5 Å². The van der Waals surface area contributed by atoms with Gasteiger partial charge in [-0.1, -0.05) is 30.8 Å². The third kappa shape index (κ3) is 4.47. The molecule has 3 aromatic rings. The normalized spacial score (nSPS) is 16.5. The van der Waals surface area contributed by atoms with Gasteiger partial charge in [0.15, 0.2) is 5.50 Å². The third-order valence-corrected chi connectivity index (χ3v) is 6.84. The molecule has 1 aromatic heterocycles. The van der Waals surface area contributed by atoms with Crippen LogP contribution < -0.4 is 10.5 Å². The first-order valence-corrected chi connectivity index (χ1v) is 12.0. The van der Waals surface area contributed by atoms with Crippen molar-refractivity contribution in [3.63, 3.8) is 0 Å². The molecule has 1 aliphatic rings. The summed E-state index contributed by atoms with van der Waals surface area (Å²) in [5, 5.41) is 24.1. The van der Waals surface area contributed by atoms with E-state index in [1.165, 1.54) is 23.9 Å². The first-order chi connectivity index (χ1) is 15.4. The van der Waals surface area contributed by atoms with Crippen molar-refractivity contribution in [3.8, 4) is 11.3 Å². The lowest BCUT2D eigenvalue weighted by Crippen LogP contribution is -2.25. The summed E-state index contributed by atoms with van der Waals surface area (Å²) < 4.78 is 26.8. The molecule has 0 saturated carbocycles. The van der Waals surface area contributed by atoms with Gasteiger partial charge >= 0.3 is 5.97 Å². The Kier molecular flexibility index (Phi) is 6.45. The third-order valence-electron chi connectivity index (χ3n) is 5.15. The molecule has 0 bridgehead atoms. The van der Waals surface area contributed by atoms with Crippen LogP contribution in [0.5, 0.6) is 0 Å². The Morgan fingerprint density at radius 2 is 1.94 bits per heavy atom. The second-order valence-corrected chi connectivity index (χ2v) is 9.19. The SMILES string of the molecule is CCc1c(Cc2ccc(S(N)=O)cc2)c(-c2ccc(F)cc2)nn1C1NC(C(=O)O)=CS1. The fourth-order valence-corrected chi connectivity index (χ4v) is 4.93. The summed E-state index contributed by atoms with van der Waals surface area (Å²) >= 11 is 1.33. The number of halogens is 1. The minimum absolute atomic E-state index is 0.118. The van der Waals surface area contributed by atoms with E-state index in [9.17, 15) is 18.5 Å². The molecule has 0 saturated heterocycles. The van der Waals surface area contributed by atoms with Crippen LogP contribution in [0.25, 0.3) is 11.3 Å². The fraction of sp³-hybridized carbons (Fsp3) is 0.182. The van der Waals surface area contributed by atoms with E-state index in [2.05, 4.69) is 5.32 Å². The van der Waals surface area contributed by atoms with Crippen LogP contribution >= 0.6 is 11.8 Å². The van der Waals surface area contributed by atoms with Gasteiger partial charge in [0.2, 0.25) is 0 Å². The van der Waals surface area contributed by atoms with E-state index in [-0.39, 0.29) is 11.5 Å². The average molecular weight is 473 g/mol. The van der Waals surface area contributed by atoms with Crippen LogP contribution in [-0.2, 0) is 28.6 Å². The van der Waals surface area contributed by atoms with Gasteiger partial charge in [-0.15, -0.1) is 0 Å². The maximum atomic E-state index is 13.5. The van der Waals surface area contributed by atoms with Crippen molar-refractivity contribution in [1.29, 1.82) is 0 Å². The molecule has 4 rings (SSSR count). The van der Waals surface area contributed by atoms with Crippen LogP contribution in [0.15, 0.2) is 64.5 Å². The van der Waals surface area contributed by atoms with E-state index in [0.29, 0.717) is 23.4 Å². The molecule has 1 aliphatic heterocycles. The van der Waals surface area contributed by atoms with E-state index in [4.69, 9.17) is 10.2 Å². The van der Waals surface area contributed by atoms with Crippen molar-refractivity contribution in [3.05, 3.63) is 82.3 Å². The van der Waals surface area contributed by atoms with Crippen LogP contribution in [0.3, 0.4) is 0 Å². The topological polar surface area (TPSA) is 110 Å². The second-order valence-electron chi connectivity index (χ2n) is 7.17. The lowest BCUT2D eigenvalue weighted by molar-refractivity contribution is -0.133. The Morgan fingerprint density at radius 3 is 2.50 bits per heavy atom. The molecular formula is C22H21FN4O3S2. The highest BCUT2D eigenvalue weighted by Crippen LogP contribution is 2.35. The van der Waals surface area contributed by atoms with E-state index in [1.54, 1.807) is 34.4 Å². The van der Waals surface area contributed by atoms with Gasteiger partial charge in [-0.25, -0.2) is 23.2 Å². The number of benzene rings is 2. The Balaban J connectivity index is 1.77. The molecule has 2 atom stereocenters. The van der Waals surface area contributed by atoms with Crippen molar-refractivity contribution >= 4 is 28.7 Å². The van der Waals surface area contributed by atoms with E-state index in [0.717, 1.165) is 22.4 Å². The largest absolute Gasteiger partial charge is 0.477 e. The molecule has 7 nitrogen and oxygen atoms in total. The zero-order valence-corrected chi connectivity index (χ0v) is 18.8. The summed E-state index contributed by atoms with van der Waals surface area (Å²) in [5.74, 6) is -1.36. The smallest absolute Gasteiger partial charge is 0.352 e. The first kappa shape index (κ1) is 22.3. The number of rotatable bonds is 7. The Morgan fingerprint density at radius 1 is 1.25 bits per heavy atom. The summed E-state index contributed by atoms with van der Waals surface area (Å²) in [6, 6.07) is 13.4. The van der Waals surface area contributed by atoms with Gasteiger partial charge in [0.1, 0.15) is 22.5 Å². The molecule has 166 valence electrons. The standard InChI is InChI=1S/C22H21FN4O3S2/c1-2-19-17(11-13-3-9-16(10-4-13)32(24)30)20(14-5-7-15(23)8-6-14)26-27(19)22-25-18(12-31-22)21(28)29/h3-10,12,22,25H,2,11,24H2,1H3,(H,28,29). The predicted octanol–water partition coefficient (Wildman–Crippen LogP) is 3.54. The van der Waals surface area contributed by atoms with Gasteiger partial charge in [-0.3, -0.25) is 0 Å². The number of thioether (sulfide) groups is 1. The predicted molar refractivity (Wildman–Crippen MR) is 122 cm³/mol. The number of hydrogen-bond acceptors (Lipinski definition) is 5. The van der Waals surface area contributed by atoms with Crippen molar-refractivity contribution in [2.75, 3.05) is 0 Å². The van der Waals surface area contributed by atoms with Crippen molar-refractivity contribution in [2.45, 2.75) is 30.2 Å². The van der Waals surface area contributed by atoms with E-state index < -0.39 is 22.5 Å². The van der Waals surface area contributed by atoms with Gasteiger partial charge in [0.05, 0.1) is 10.6 Å². The molecule has 0 aliphatic carbocycles. The van der Waals surface area contributed by atoms with Gasteiger partial charge < -0.3 is 10.4 Å². The van der Waals surface area contributed by atoms with Gasteiger partial charge in [-0.2, -0.15) is 5.10 Å². The van der Waals surface area contributed by atoms with Gasteiger partial charge in [0.25, 0.3) is 0 Å². The molecule has 2 heterocycles. The number of carboxylic acids is 1. The molecule has 32 heavy (non-hydrogen) atoms. The molecule has 0 fully saturated rings. The Bertz CT molecular complexity index is 1210. The van der Waals surface area contributed by atoms with Crippen LogP contribution in [0.4, 0.5) is 4.39 Å². The van der Waals surface area contributed by atoms with Gasteiger partial charge in [0, 0.05) is 28.6 Å². The molecule has 0 radical (unpaired) electrons. The highest BCUT2D eigenvalue weighted by Gasteiger charge is 2.28. The van der Waals surface area contributed by atoms with Crippen LogP contribution in [0, 0.1) is 5.82 Å². The maximum absolute atomic E-state index is 13.5. The van der Waals surface area contributed by atoms with Crippen molar-refractivity contribution in [1.82, 2.24) is 15.1 Å². The highest BCUT2D eigenvalue weighted by atomic mass is 32.2. The maximum Gasteiger partial charge on any atom is 0.352 e. The minimum atomic E-state index is -1.55. The monoisotopic (exact) mass is 472 g/mol. The van der Waals surface area contributed by atoms with Crippen LogP contribution in [0.1, 0.15) is 29.2 Å². The lowest BCUT2D eigenvalue weighted by atomic mass is 9.98. The first-order valence-electron chi connectivity index (χ1n) is 9.84. The molecule has 0 spiro atoms. The second kappa shape index (κ2) is 9.27. The summed E-state index contributed by atoms with van der Waals surface area (Å²) in [6.45, 7) is 2.01. The number of nitrogens with zero attached hydrogens (tertiary/aromatic N) is 2. The summed E-state index contributed by atoms with van der Waals surface area (Å²) in [7, 11) is -1.55. The van der Waals surface area contributed by atoms with Gasteiger partial charge in [-0.05, 0) is 48.4 Å². The zero-order chi connectivity index (χ0) is 22.8. The number of carboxylic acid groups (broad SMARTS) is 1. The quantitative estimate of drug-likeness (QED) is 0.485. The highest BCUT2D eigenvalue weighted by molar-refractivity contribution is 8.02. The summed E-state index contributed by atoms with van der Waals surface area (Å²) in [6.07, 6.45) is 1.21. The number of nitrogens with two attached hydrogens (primary N) is 1. The molecule has 2 unspecified atom stereocenters. The number of aromatic nitrogens is 2. The number of carbonyl (C=O) groups is 1. The lowest BCUT2D eigenvalue weighted by Gasteiger charge is -2.15. The number of hydrogen-bond donors (Lipinski definition) is 3. The fourth-order valence-electron chi connectivity index (χ4n) is 3.61. The number of nitrogens with one attached hydrogen (secondary N) is 1. The average Bonchev–Trinajstić information content (AvgIpc) is 3.40. The van der Waals surface area contributed by atoms with E-state index >= 15 is 0 Å². The molecule has 0 amide bonds. The summed E-state index contributed by atoms with van der Waals surface area (Å²) in [4.78, 5) is 11.9. The number of aliphatic carboxylic acids is 1. The minimum Gasteiger partial charge on any atom is -0.477 e. The Hall–Kier alpha value is -2.95. The molecule has 2 aromatic carbocycles. The van der Waals surface area contributed by atoms with E-state index in [1.807, 2.05) is 19.1 Å². The molecule has 10 heteroatoms. The Labute approximate surface area is 191 Å². The molecular weight excluding hydrogens is 451 g/mol. The zero-order valence-electron chi connectivity index (χ0n) is 17.1. The van der Waals surface area contributed by atoms with Crippen LogP contribution in [-0.4, -0.2) is 25.1 Å².